The van der Waals surface area contributed by atoms with Crippen molar-refractivity contribution in [3.8, 4) is 0 Å². The van der Waals surface area contributed by atoms with Crippen LogP contribution in [-0.4, -0.2) is 49.3 Å². The fourth-order valence-electron chi connectivity index (χ4n) is 1.47. The lowest BCUT2D eigenvalue weighted by Crippen LogP contribution is -2.36. The Hall–Kier alpha value is -1.17. The smallest absolute Gasteiger partial charge is 0.255 e. The summed E-state index contributed by atoms with van der Waals surface area (Å²) in [6, 6.07) is 3.59. The number of nitrogens with zero attached hydrogens (tertiary/aromatic N) is 1. The number of carbonyl (C=O) groups is 1. The minimum atomic E-state index is -0.498. The van der Waals surface area contributed by atoms with Crippen molar-refractivity contribution in [3.05, 3.63) is 34.6 Å². The van der Waals surface area contributed by atoms with Crippen molar-refractivity contribution in [2.24, 2.45) is 0 Å². The molecule has 18 heavy (non-hydrogen) atoms. The van der Waals surface area contributed by atoms with E-state index in [9.17, 15) is 9.18 Å². The predicted molar refractivity (Wildman–Crippen MR) is 66.3 cm³/mol. The van der Waals surface area contributed by atoms with Gasteiger partial charge in [0, 0.05) is 20.2 Å². The highest BCUT2D eigenvalue weighted by Gasteiger charge is 2.18. The van der Waals surface area contributed by atoms with Crippen LogP contribution in [0.25, 0.3) is 0 Å². The van der Waals surface area contributed by atoms with Gasteiger partial charge in [-0.3, -0.25) is 4.79 Å². The summed E-state index contributed by atoms with van der Waals surface area (Å²) in [5.74, 6) is -0.853. The van der Waals surface area contributed by atoms with Gasteiger partial charge < -0.3 is 14.7 Å². The van der Waals surface area contributed by atoms with Gasteiger partial charge in [-0.05, 0) is 18.2 Å². The quantitative estimate of drug-likeness (QED) is 0.857. The van der Waals surface area contributed by atoms with Crippen molar-refractivity contribution < 1.29 is 19.0 Å². The number of hydrogen-bond acceptors (Lipinski definition) is 3. The van der Waals surface area contributed by atoms with E-state index >= 15 is 0 Å². The molecular formula is C12H15ClFNO3. The molecule has 0 bridgehead atoms. The molecule has 0 aromatic heterocycles. The zero-order valence-electron chi connectivity index (χ0n) is 10.0. The molecule has 0 aliphatic heterocycles. The molecule has 0 aliphatic rings. The van der Waals surface area contributed by atoms with Crippen LogP contribution in [0.3, 0.4) is 0 Å². The number of aliphatic hydroxyl groups is 1. The van der Waals surface area contributed by atoms with Crippen molar-refractivity contribution in [1.82, 2.24) is 4.90 Å². The third kappa shape index (κ3) is 3.94. The van der Waals surface area contributed by atoms with Crippen LogP contribution < -0.4 is 0 Å². The van der Waals surface area contributed by atoms with E-state index in [4.69, 9.17) is 21.4 Å². The fourth-order valence-corrected chi connectivity index (χ4v) is 1.72. The van der Waals surface area contributed by atoms with E-state index in [0.717, 1.165) is 6.07 Å². The molecule has 0 heterocycles. The molecule has 1 rings (SSSR count). The summed E-state index contributed by atoms with van der Waals surface area (Å²) in [5.41, 5.74) is 0.211. The Bertz CT molecular complexity index is 414. The van der Waals surface area contributed by atoms with Gasteiger partial charge >= 0.3 is 0 Å². The van der Waals surface area contributed by atoms with Crippen LogP contribution in [0.1, 0.15) is 10.4 Å². The van der Waals surface area contributed by atoms with E-state index in [0.29, 0.717) is 13.2 Å². The lowest BCUT2D eigenvalue weighted by molar-refractivity contribution is 0.0656. The predicted octanol–water partition coefficient (Wildman–Crippen LogP) is 1.56. The van der Waals surface area contributed by atoms with Gasteiger partial charge in [0.1, 0.15) is 5.82 Å². The maximum Gasteiger partial charge on any atom is 0.255 e. The lowest BCUT2D eigenvalue weighted by Gasteiger charge is -2.21. The molecule has 0 aliphatic carbocycles. The monoisotopic (exact) mass is 275 g/mol. The normalized spacial score (nSPS) is 10.4. The minimum Gasteiger partial charge on any atom is -0.395 e. The van der Waals surface area contributed by atoms with Crippen LogP contribution >= 0.6 is 11.6 Å². The van der Waals surface area contributed by atoms with Gasteiger partial charge in [0.25, 0.3) is 5.91 Å². The van der Waals surface area contributed by atoms with Crippen molar-refractivity contribution in [3.63, 3.8) is 0 Å². The van der Waals surface area contributed by atoms with Crippen molar-refractivity contribution in [2.75, 3.05) is 33.4 Å². The van der Waals surface area contributed by atoms with Gasteiger partial charge in [0.15, 0.2) is 0 Å². The second-order valence-corrected chi connectivity index (χ2v) is 4.04. The number of ether oxygens (including phenoxy) is 1. The van der Waals surface area contributed by atoms with Crippen LogP contribution in [0.2, 0.25) is 5.02 Å². The Kier molecular flexibility index (Phi) is 6.04. The van der Waals surface area contributed by atoms with E-state index in [1.807, 2.05) is 0 Å². The number of carbonyl (C=O) groups excluding carboxylic acids is 1. The van der Waals surface area contributed by atoms with Gasteiger partial charge in [0.05, 0.1) is 23.8 Å². The van der Waals surface area contributed by atoms with Crippen molar-refractivity contribution >= 4 is 17.5 Å². The molecule has 1 N–H and O–H groups in total. The summed E-state index contributed by atoms with van der Waals surface area (Å²) in [6.45, 7) is 0.707. The SMILES string of the molecule is COCCN(CCO)C(=O)c1ccc(F)cc1Cl. The fraction of sp³-hybridized carbons (Fsp3) is 0.417. The molecule has 6 heteroatoms. The van der Waals surface area contributed by atoms with Crippen molar-refractivity contribution in [1.29, 1.82) is 0 Å². The molecule has 0 saturated heterocycles. The summed E-state index contributed by atoms with van der Waals surface area (Å²) in [4.78, 5) is 13.5. The second-order valence-electron chi connectivity index (χ2n) is 3.63. The molecule has 1 aromatic carbocycles. The van der Waals surface area contributed by atoms with Gasteiger partial charge in [-0.2, -0.15) is 0 Å². The number of aliphatic hydroxyl groups excluding tert-OH is 1. The van der Waals surface area contributed by atoms with Gasteiger partial charge in [-0.15, -0.1) is 0 Å². The Labute approximate surface area is 110 Å². The second kappa shape index (κ2) is 7.31. The molecule has 0 radical (unpaired) electrons. The zero-order valence-corrected chi connectivity index (χ0v) is 10.8. The average molecular weight is 276 g/mol. The third-order valence-corrected chi connectivity index (χ3v) is 2.70. The summed E-state index contributed by atoms with van der Waals surface area (Å²) in [6.07, 6.45) is 0. The topological polar surface area (TPSA) is 49.8 Å². The first-order valence-electron chi connectivity index (χ1n) is 5.44. The number of hydrogen-bond donors (Lipinski definition) is 1. The standard InChI is InChI=1S/C12H15ClFNO3/c1-18-7-5-15(4-6-16)12(17)10-3-2-9(14)8-11(10)13/h2-3,8,16H,4-7H2,1H3. The molecule has 4 nitrogen and oxygen atoms in total. The first-order valence-corrected chi connectivity index (χ1v) is 5.82. The molecule has 0 spiro atoms. The highest BCUT2D eigenvalue weighted by molar-refractivity contribution is 6.33. The molecule has 1 aromatic rings. The average Bonchev–Trinajstić information content (AvgIpc) is 2.33. The largest absolute Gasteiger partial charge is 0.395 e. The lowest BCUT2D eigenvalue weighted by atomic mass is 10.2. The van der Waals surface area contributed by atoms with Crippen LogP contribution in [0.15, 0.2) is 18.2 Å². The number of rotatable bonds is 6. The van der Waals surface area contributed by atoms with Crippen LogP contribution in [0.5, 0.6) is 0 Å². The Balaban J connectivity index is 2.87. The molecule has 0 atom stereocenters. The Morgan fingerprint density at radius 2 is 2.22 bits per heavy atom. The molecule has 0 saturated carbocycles. The minimum absolute atomic E-state index is 0.0559. The van der Waals surface area contributed by atoms with Gasteiger partial charge in [0.2, 0.25) is 0 Å². The summed E-state index contributed by atoms with van der Waals surface area (Å²) in [5, 5.41) is 8.97. The van der Waals surface area contributed by atoms with E-state index in [1.165, 1.54) is 24.1 Å². The number of methoxy groups -OCH3 is 1. The Morgan fingerprint density at radius 3 is 2.78 bits per heavy atom. The van der Waals surface area contributed by atoms with E-state index in [-0.39, 0.29) is 29.6 Å². The van der Waals surface area contributed by atoms with Crippen LogP contribution in [0.4, 0.5) is 4.39 Å². The maximum absolute atomic E-state index is 12.9. The molecule has 100 valence electrons. The van der Waals surface area contributed by atoms with E-state index in [2.05, 4.69) is 0 Å². The molecular weight excluding hydrogens is 261 g/mol. The summed E-state index contributed by atoms with van der Waals surface area (Å²) >= 11 is 5.82. The number of amides is 1. The summed E-state index contributed by atoms with van der Waals surface area (Å²) in [7, 11) is 1.52. The van der Waals surface area contributed by atoms with Gasteiger partial charge in [-0.25, -0.2) is 4.39 Å². The first-order chi connectivity index (χ1) is 8.60. The Morgan fingerprint density at radius 1 is 1.50 bits per heavy atom. The van der Waals surface area contributed by atoms with Gasteiger partial charge in [-0.1, -0.05) is 11.6 Å². The maximum atomic E-state index is 12.9. The highest BCUT2D eigenvalue weighted by Crippen LogP contribution is 2.19. The first kappa shape index (κ1) is 14.9. The number of benzene rings is 1. The van der Waals surface area contributed by atoms with E-state index in [1.54, 1.807) is 0 Å². The summed E-state index contributed by atoms with van der Waals surface area (Å²) < 4.78 is 17.8. The van der Waals surface area contributed by atoms with E-state index < -0.39 is 5.82 Å². The molecule has 0 unspecified atom stereocenters. The number of halogens is 2. The zero-order chi connectivity index (χ0) is 13.5. The molecule has 0 fully saturated rings. The van der Waals surface area contributed by atoms with Crippen LogP contribution in [-0.2, 0) is 4.74 Å². The molecule has 1 amide bonds. The third-order valence-electron chi connectivity index (χ3n) is 2.38. The highest BCUT2D eigenvalue weighted by atomic mass is 35.5. The van der Waals surface area contributed by atoms with Crippen molar-refractivity contribution in [2.45, 2.75) is 0 Å². The van der Waals surface area contributed by atoms with Crippen LogP contribution in [0, 0.1) is 5.82 Å².